The monoisotopic (exact) mass is 250 g/mol. The van der Waals surface area contributed by atoms with Crippen molar-refractivity contribution in [1.82, 2.24) is 0 Å². The van der Waals surface area contributed by atoms with E-state index < -0.39 is 0 Å². The van der Waals surface area contributed by atoms with E-state index in [1.807, 2.05) is 13.0 Å². The van der Waals surface area contributed by atoms with Crippen molar-refractivity contribution in [2.45, 2.75) is 47.0 Å². The van der Waals surface area contributed by atoms with Gasteiger partial charge >= 0.3 is 5.97 Å². The second-order valence-corrected chi connectivity index (χ2v) is 5.65. The first-order chi connectivity index (χ1) is 8.52. The van der Waals surface area contributed by atoms with E-state index in [0.29, 0.717) is 18.4 Å². The maximum atomic E-state index is 11.3. The van der Waals surface area contributed by atoms with Gasteiger partial charge in [-0.15, -0.1) is 0 Å². The van der Waals surface area contributed by atoms with Gasteiger partial charge in [0.1, 0.15) is 0 Å². The van der Waals surface area contributed by atoms with E-state index in [1.165, 1.54) is 6.42 Å². The van der Waals surface area contributed by atoms with E-state index in [1.54, 1.807) is 11.6 Å². The molecular weight excluding hydrogens is 224 g/mol. The van der Waals surface area contributed by atoms with Gasteiger partial charge < -0.3 is 4.74 Å². The molecule has 0 heterocycles. The van der Waals surface area contributed by atoms with E-state index in [2.05, 4.69) is 26.8 Å². The average Bonchev–Trinajstić information content (AvgIpc) is 2.27. The van der Waals surface area contributed by atoms with Crippen LogP contribution in [0.3, 0.4) is 0 Å². The second-order valence-electron chi connectivity index (χ2n) is 5.65. The molecule has 0 aromatic rings. The fourth-order valence-corrected chi connectivity index (χ4v) is 2.54. The number of hydrogen-bond acceptors (Lipinski definition) is 2. The number of esters is 1. The maximum absolute atomic E-state index is 11.3. The number of rotatable bonds is 5. The van der Waals surface area contributed by atoms with Gasteiger partial charge in [-0.3, -0.25) is 0 Å². The summed E-state index contributed by atoms with van der Waals surface area (Å²) in [4.78, 5) is 11.3. The third kappa shape index (κ3) is 5.07. The first-order valence-electron chi connectivity index (χ1n) is 7.05. The summed E-state index contributed by atoms with van der Waals surface area (Å²) in [5, 5.41) is 0. The molecule has 0 radical (unpaired) electrons. The third-order valence-corrected chi connectivity index (χ3v) is 3.43. The predicted octanol–water partition coefficient (Wildman–Crippen LogP) is 4.12. The second kappa shape index (κ2) is 7.40. The molecule has 0 aromatic carbocycles. The molecule has 0 aromatic heterocycles. The van der Waals surface area contributed by atoms with Crippen LogP contribution >= 0.6 is 0 Å². The van der Waals surface area contributed by atoms with Crippen molar-refractivity contribution in [1.29, 1.82) is 0 Å². The number of hydrogen-bond donors (Lipinski definition) is 0. The summed E-state index contributed by atoms with van der Waals surface area (Å²) in [6.45, 7) is 9.07. The van der Waals surface area contributed by atoms with E-state index in [9.17, 15) is 4.79 Å². The van der Waals surface area contributed by atoms with Crippen LogP contribution in [-0.4, -0.2) is 12.6 Å². The minimum atomic E-state index is -0.221. The summed E-state index contributed by atoms with van der Waals surface area (Å²) in [7, 11) is 0. The highest BCUT2D eigenvalue weighted by atomic mass is 16.5. The lowest BCUT2D eigenvalue weighted by Crippen LogP contribution is -2.15. The molecule has 1 aliphatic rings. The molecule has 2 unspecified atom stereocenters. The zero-order valence-electron chi connectivity index (χ0n) is 12.1. The van der Waals surface area contributed by atoms with E-state index >= 15 is 0 Å². The fourth-order valence-electron chi connectivity index (χ4n) is 2.54. The Morgan fingerprint density at radius 1 is 1.56 bits per heavy atom. The van der Waals surface area contributed by atoms with Crippen LogP contribution in [0.2, 0.25) is 0 Å². The van der Waals surface area contributed by atoms with Crippen molar-refractivity contribution in [2.75, 3.05) is 6.61 Å². The lowest BCUT2D eigenvalue weighted by Gasteiger charge is -2.27. The Morgan fingerprint density at radius 2 is 2.28 bits per heavy atom. The van der Waals surface area contributed by atoms with Gasteiger partial charge in [0.05, 0.1) is 6.61 Å². The summed E-state index contributed by atoms with van der Waals surface area (Å²) < 4.78 is 4.90. The Hall–Kier alpha value is -1.05. The Kier molecular flexibility index (Phi) is 6.17. The number of carbonyl (C=O) groups is 1. The number of allylic oxidation sites excluding steroid dienone is 3. The van der Waals surface area contributed by atoms with E-state index in [4.69, 9.17) is 4.74 Å². The third-order valence-electron chi connectivity index (χ3n) is 3.43. The van der Waals surface area contributed by atoms with Crippen LogP contribution in [0.1, 0.15) is 47.0 Å². The van der Waals surface area contributed by atoms with Crippen LogP contribution in [0.5, 0.6) is 0 Å². The van der Waals surface area contributed by atoms with Crippen LogP contribution in [0.25, 0.3) is 0 Å². The van der Waals surface area contributed by atoms with Gasteiger partial charge in [-0.25, -0.2) is 4.79 Å². The Morgan fingerprint density at radius 3 is 2.83 bits per heavy atom. The highest BCUT2D eigenvalue weighted by Gasteiger charge is 2.20. The van der Waals surface area contributed by atoms with Crippen molar-refractivity contribution >= 4 is 5.97 Å². The molecule has 0 amide bonds. The highest BCUT2D eigenvalue weighted by Crippen LogP contribution is 2.33. The predicted molar refractivity (Wildman–Crippen MR) is 75.2 cm³/mol. The summed E-state index contributed by atoms with van der Waals surface area (Å²) in [6, 6.07) is 0. The van der Waals surface area contributed by atoms with Gasteiger partial charge in [0, 0.05) is 6.08 Å². The van der Waals surface area contributed by atoms with Gasteiger partial charge in [0.2, 0.25) is 0 Å². The standard InChI is InChI=1S/C16H26O2/c1-5-18-16(17)9-8-15-7-6-14(10-12(2)3)11-13(15)4/h6,8-9,12-13,15H,5,7,10-11H2,1-4H3. The fraction of sp³-hybridized carbons (Fsp3) is 0.688. The highest BCUT2D eigenvalue weighted by molar-refractivity contribution is 5.81. The maximum Gasteiger partial charge on any atom is 0.330 e. The van der Waals surface area contributed by atoms with Gasteiger partial charge in [0.15, 0.2) is 0 Å². The summed E-state index contributed by atoms with van der Waals surface area (Å²) in [5.74, 6) is 1.61. The molecule has 0 N–H and O–H groups in total. The smallest absolute Gasteiger partial charge is 0.330 e. The van der Waals surface area contributed by atoms with Crippen LogP contribution in [0, 0.1) is 17.8 Å². The Bertz CT molecular complexity index is 326. The van der Waals surface area contributed by atoms with Crippen molar-refractivity contribution in [2.24, 2.45) is 17.8 Å². The van der Waals surface area contributed by atoms with Crippen LogP contribution in [0.15, 0.2) is 23.8 Å². The van der Waals surface area contributed by atoms with Crippen LogP contribution in [-0.2, 0) is 9.53 Å². The zero-order valence-corrected chi connectivity index (χ0v) is 12.1. The molecule has 2 heteroatoms. The van der Waals surface area contributed by atoms with Crippen molar-refractivity contribution in [3.63, 3.8) is 0 Å². The molecule has 0 saturated heterocycles. The molecule has 0 saturated carbocycles. The summed E-state index contributed by atoms with van der Waals surface area (Å²) >= 11 is 0. The number of ether oxygens (including phenoxy) is 1. The van der Waals surface area contributed by atoms with Gasteiger partial charge in [0.25, 0.3) is 0 Å². The molecule has 0 fully saturated rings. The summed E-state index contributed by atoms with van der Waals surface area (Å²) in [5.41, 5.74) is 1.58. The molecule has 0 aliphatic heterocycles. The number of carbonyl (C=O) groups excluding carboxylic acids is 1. The largest absolute Gasteiger partial charge is 0.463 e. The lowest BCUT2D eigenvalue weighted by molar-refractivity contribution is -0.137. The molecular formula is C16H26O2. The average molecular weight is 250 g/mol. The minimum absolute atomic E-state index is 0.221. The molecule has 2 atom stereocenters. The van der Waals surface area contributed by atoms with Gasteiger partial charge in [-0.1, -0.05) is 38.5 Å². The van der Waals surface area contributed by atoms with E-state index in [0.717, 1.165) is 18.8 Å². The Balaban J connectivity index is 2.51. The SMILES string of the molecule is CCOC(=O)C=CC1CC=C(CC(C)C)CC1C. The quantitative estimate of drug-likeness (QED) is 0.417. The van der Waals surface area contributed by atoms with Crippen molar-refractivity contribution in [3.8, 4) is 0 Å². The molecule has 2 nitrogen and oxygen atoms in total. The molecule has 0 spiro atoms. The molecule has 0 bridgehead atoms. The summed E-state index contributed by atoms with van der Waals surface area (Å²) in [6.07, 6.45) is 9.39. The Labute approximate surface area is 111 Å². The van der Waals surface area contributed by atoms with E-state index in [-0.39, 0.29) is 5.97 Å². The van der Waals surface area contributed by atoms with Crippen molar-refractivity contribution in [3.05, 3.63) is 23.8 Å². The lowest BCUT2D eigenvalue weighted by atomic mass is 9.78. The molecule has 18 heavy (non-hydrogen) atoms. The van der Waals surface area contributed by atoms with Gasteiger partial charge in [-0.05, 0) is 43.9 Å². The topological polar surface area (TPSA) is 26.3 Å². The first-order valence-corrected chi connectivity index (χ1v) is 7.05. The normalized spacial score (nSPS) is 24.4. The van der Waals surface area contributed by atoms with Gasteiger partial charge in [-0.2, -0.15) is 0 Å². The van der Waals surface area contributed by atoms with Crippen LogP contribution < -0.4 is 0 Å². The molecule has 1 aliphatic carbocycles. The van der Waals surface area contributed by atoms with Crippen LogP contribution in [0.4, 0.5) is 0 Å². The first kappa shape index (κ1) is 15.0. The zero-order chi connectivity index (χ0) is 13.5. The molecule has 102 valence electrons. The van der Waals surface area contributed by atoms with Crippen molar-refractivity contribution < 1.29 is 9.53 Å². The molecule has 1 rings (SSSR count). The minimum Gasteiger partial charge on any atom is -0.463 e.